The molecule has 10 heteroatoms. The first-order valence-electron chi connectivity index (χ1n) is 10.1. The number of esters is 1. The van der Waals surface area contributed by atoms with E-state index in [0.29, 0.717) is 11.5 Å². The van der Waals surface area contributed by atoms with Crippen LogP contribution in [0.4, 0.5) is 0 Å². The number of β-lactam (4-membered cyclic amide) rings is 1. The molecule has 2 aromatic rings. The van der Waals surface area contributed by atoms with Crippen LogP contribution in [0.2, 0.25) is 0 Å². The highest BCUT2D eigenvalue weighted by Crippen LogP contribution is 2.44. The lowest BCUT2D eigenvalue weighted by molar-refractivity contribution is -0.165. The molecule has 0 saturated carbocycles. The zero-order chi connectivity index (χ0) is 23.0. The molecule has 9 nitrogen and oxygen atoms in total. The standard InChI is InChI=1S/C22H24N2O7S/c1-22(2)18(21(27)31-12-13-6-8-14(29-3)9-7-13)24-19(26)17(20(24)32(22)28)23-16(25)11-15-5-4-10-30-15/h4-10,17-18,20H,11-12H2,1-3H3,(H,23,25)/t17-,18+,20-,32-/m1/s1. The van der Waals surface area contributed by atoms with Gasteiger partial charge in [0.2, 0.25) is 11.8 Å². The van der Waals surface area contributed by atoms with Gasteiger partial charge in [-0.25, -0.2) is 4.79 Å². The highest BCUT2D eigenvalue weighted by molar-refractivity contribution is 7.87. The summed E-state index contributed by atoms with van der Waals surface area (Å²) in [5.74, 6) is -0.359. The van der Waals surface area contributed by atoms with Crippen molar-refractivity contribution in [2.45, 2.75) is 49.1 Å². The lowest BCUT2D eigenvalue weighted by Gasteiger charge is -2.43. The van der Waals surface area contributed by atoms with E-state index in [1.165, 1.54) is 11.2 Å². The maximum absolute atomic E-state index is 13.1. The van der Waals surface area contributed by atoms with Gasteiger partial charge in [0.05, 0.1) is 35.3 Å². The van der Waals surface area contributed by atoms with Crippen molar-refractivity contribution in [2.24, 2.45) is 0 Å². The molecule has 0 aliphatic carbocycles. The van der Waals surface area contributed by atoms with Crippen molar-refractivity contribution < 1.29 is 32.5 Å². The van der Waals surface area contributed by atoms with Gasteiger partial charge in [0.1, 0.15) is 35.6 Å². The minimum Gasteiger partial charge on any atom is -0.497 e. The van der Waals surface area contributed by atoms with Gasteiger partial charge >= 0.3 is 5.97 Å². The number of carbonyl (C=O) groups is 3. The number of ether oxygens (including phenoxy) is 2. The van der Waals surface area contributed by atoms with Gasteiger partial charge in [-0.3, -0.25) is 13.8 Å². The summed E-state index contributed by atoms with van der Waals surface area (Å²) >= 11 is 0. The van der Waals surface area contributed by atoms with E-state index in [2.05, 4.69) is 5.32 Å². The van der Waals surface area contributed by atoms with Crippen LogP contribution in [-0.2, 0) is 42.9 Å². The number of amides is 2. The van der Waals surface area contributed by atoms with Crippen molar-refractivity contribution in [2.75, 3.05) is 7.11 Å². The second-order valence-electron chi connectivity index (χ2n) is 8.20. The highest BCUT2D eigenvalue weighted by Gasteiger charge is 2.68. The first kappa shape index (κ1) is 22.1. The summed E-state index contributed by atoms with van der Waals surface area (Å²) in [6.07, 6.45) is 1.42. The number of benzene rings is 1. The molecular formula is C22H24N2O7S. The molecule has 4 atom stereocenters. The van der Waals surface area contributed by atoms with Gasteiger partial charge in [0.15, 0.2) is 0 Å². The maximum Gasteiger partial charge on any atom is 0.330 e. The Balaban J connectivity index is 1.42. The van der Waals surface area contributed by atoms with Gasteiger partial charge in [-0.1, -0.05) is 12.1 Å². The smallest absolute Gasteiger partial charge is 0.330 e. The van der Waals surface area contributed by atoms with E-state index in [4.69, 9.17) is 13.9 Å². The number of furan rings is 1. The molecule has 2 fully saturated rings. The Morgan fingerprint density at radius 1 is 1.22 bits per heavy atom. The number of nitrogens with one attached hydrogen (secondary N) is 1. The Kier molecular flexibility index (Phi) is 5.81. The van der Waals surface area contributed by atoms with Crippen LogP contribution in [0.1, 0.15) is 25.2 Å². The van der Waals surface area contributed by atoms with Crippen LogP contribution in [0, 0.1) is 0 Å². The lowest BCUT2D eigenvalue weighted by Crippen LogP contribution is -2.71. The summed E-state index contributed by atoms with van der Waals surface area (Å²) in [6.45, 7) is 3.34. The van der Waals surface area contributed by atoms with Gasteiger partial charge in [0, 0.05) is 0 Å². The Labute approximate surface area is 187 Å². The molecule has 1 aromatic carbocycles. The van der Waals surface area contributed by atoms with Crippen molar-refractivity contribution in [3.8, 4) is 5.75 Å². The Morgan fingerprint density at radius 2 is 1.94 bits per heavy atom. The molecule has 0 unspecified atom stereocenters. The van der Waals surface area contributed by atoms with Crippen LogP contribution < -0.4 is 10.1 Å². The average molecular weight is 461 g/mol. The van der Waals surface area contributed by atoms with Crippen molar-refractivity contribution in [3.63, 3.8) is 0 Å². The molecule has 170 valence electrons. The van der Waals surface area contributed by atoms with Crippen LogP contribution in [0.25, 0.3) is 0 Å². The molecular weight excluding hydrogens is 436 g/mol. The minimum atomic E-state index is -1.58. The van der Waals surface area contributed by atoms with Crippen LogP contribution in [0.15, 0.2) is 47.1 Å². The van der Waals surface area contributed by atoms with Crippen LogP contribution in [-0.4, -0.2) is 56.2 Å². The monoisotopic (exact) mass is 460 g/mol. The van der Waals surface area contributed by atoms with E-state index in [1.807, 2.05) is 0 Å². The maximum atomic E-state index is 13.1. The fourth-order valence-corrected chi connectivity index (χ4v) is 5.94. The number of methoxy groups -OCH3 is 1. The van der Waals surface area contributed by atoms with Gasteiger partial charge in [0.25, 0.3) is 0 Å². The normalized spacial score (nSPS) is 25.6. The van der Waals surface area contributed by atoms with Crippen molar-refractivity contribution >= 4 is 28.6 Å². The van der Waals surface area contributed by atoms with Crippen molar-refractivity contribution in [1.29, 1.82) is 0 Å². The summed E-state index contributed by atoms with van der Waals surface area (Å²) in [5, 5.41) is 1.84. The third-order valence-corrected chi connectivity index (χ3v) is 7.95. The predicted octanol–water partition coefficient (Wildman–Crippen LogP) is 1.14. The molecule has 0 bridgehead atoms. The number of fused-ring (bicyclic) bond motifs is 1. The average Bonchev–Trinajstić information content (AvgIpc) is 3.34. The van der Waals surface area contributed by atoms with Crippen LogP contribution in [0.3, 0.4) is 0 Å². The largest absolute Gasteiger partial charge is 0.497 e. The third-order valence-electron chi connectivity index (χ3n) is 5.75. The van der Waals surface area contributed by atoms with Gasteiger partial charge in [-0.05, 0) is 43.7 Å². The molecule has 2 aliphatic heterocycles. The number of hydrogen-bond donors (Lipinski definition) is 1. The Bertz CT molecular complexity index is 1050. The Morgan fingerprint density at radius 3 is 2.56 bits per heavy atom. The molecule has 2 saturated heterocycles. The molecule has 0 radical (unpaired) electrons. The van der Waals surface area contributed by atoms with Crippen LogP contribution >= 0.6 is 0 Å². The quantitative estimate of drug-likeness (QED) is 0.487. The molecule has 4 rings (SSSR count). The topological polar surface area (TPSA) is 115 Å². The summed E-state index contributed by atoms with van der Waals surface area (Å²) in [5.41, 5.74) is 0.755. The number of nitrogens with zero attached hydrogens (tertiary/aromatic N) is 1. The van der Waals surface area contributed by atoms with E-state index >= 15 is 0 Å². The second-order valence-corrected chi connectivity index (χ2v) is 10.3. The van der Waals surface area contributed by atoms with E-state index < -0.39 is 50.8 Å². The molecule has 1 N–H and O–H groups in total. The highest BCUT2D eigenvalue weighted by atomic mass is 32.2. The molecule has 0 spiro atoms. The predicted molar refractivity (Wildman–Crippen MR) is 114 cm³/mol. The zero-order valence-electron chi connectivity index (χ0n) is 17.9. The van der Waals surface area contributed by atoms with Gasteiger partial charge in [-0.2, -0.15) is 0 Å². The number of hydrogen-bond acceptors (Lipinski definition) is 7. The summed E-state index contributed by atoms with van der Waals surface area (Å²) in [6, 6.07) is 8.41. The van der Waals surface area contributed by atoms with Crippen LogP contribution in [0.5, 0.6) is 5.75 Å². The number of carbonyl (C=O) groups excluding carboxylic acids is 3. The van der Waals surface area contributed by atoms with Gasteiger partial charge < -0.3 is 24.1 Å². The van der Waals surface area contributed by atoms with E-state index in [-0.39, 0.29) is 13.0 Å². The first-order chi connectivity index (χ1) is 15.2. The van der Waals surface area contributed by atoms with E-state index in [0.717, 1.165) is 5.56 Å². The number of rotatable bonds is 7. The summed E-state index contributed by atoms with van der Waals surface area (Å²) in [4.78, 5) is 39.3. The van der Waals surface area contributed by atoms with Gasteiger partial charge in [-0.15, -0.1) is 0 Å². The molecule has 3 heterocycles. The SMILES string of the molecule is COc1ccc(COC(=O)[C@@H]2N3C(=O)[C@@H](NC(=O)Cc4ccco4)[C@H]3[S@@](=O)C2(C)C)cc1. The fraction of sp³-hybridized carbons (Fsp3) is 0.409. The molecule has 1 aromatic heterocycles. The first-order valence-corrected chi connectivity index (χ1v) is 11.3. The van der Waals surface area contributed by atoms with E-state index in [1.54, 1.807) is 57.4 Å². The zero-order valence-corrected chi connectivity index (χ0v) is 18.7. The molecule has 32 heavy (non-hydrogen) atoms. The lowest BCUT2D eigenvalue weighted by atomic mass is 9.96. The molecule has 2 amide bonds. The Hall–Kier alpha value is -3.14. The van der Waals surface area contributed by atoms with Crippen molar-refractivity contribution in [3.05, 3.63) is 54.0 Å². The minimum absolute atomic E-state index is 0.0120. The fourth-order valence-electron chi connectivity index (χ4n) is 4.02. The third kappa shape index (κ3) is 3.79. The van der Waals surface area contributed by atoms with E-state index in [9.17, 15) is 18.6 Å². The second kappa shape index (κ2) is 8.42. The summed E-state index contributed by atoms with van der Waals surface area (Å²) < 4.78 is 27.8. The van der Waals surface area contributed by atoms with Crippen molar-refractivity contribution in [1.82, 2.24) is 10.2 Å². The molecule has 2 aliphatic rings. The summed E-state index contributed by atoms with van der Waals surface area (Å²) in [7, 11) is -0.0206.